The molecule has 0 unspecified atom stereocenters. The number of alkyl halides is 3. The van der Waals surface area contributed by atoms with E-state index < -0.39 is 23.6 Å². The number of primary amides is 1. The summed E-state index contributed by atoms with van der Waals surface area (Å²) in [4.78, 5) is 12.1. The predicted octanol–water partition coefficient (Wildman–Crippen LogP) is 4.15. The van der Waals surface area contributed by atoms with E-state index in [9.17, 15) is 18.0 Å². The molecule has 160 valence electrons. The fourth-order valence-corrected chi connectivity index (χ4v) is 4.21. The first kappa shape index (κ1) is 22.1. The Labute approximate surface area is 179 Å². The summed E-state index contributed by atoms with van der Waals surface area (Å²) in [7, 11) is 1.71. The van der Waals surface area contributed by atoms with Crippen molar-refractivity contribution in [3.63, 3.8) is 0 Å². The lowest BCUT2D eigenvalue weighted by atomic mass is 9.86. The summed E-state index contributed by atoms with van der Waals surface area (Å²) < 4.78 is 48.3. The summed E-state index contributed by atoms with van der Waals surface area (Å²) in [6.45, 7) is 1.63. The number of carbonyl (C=O) groups excluding carboxylic acids is 1. The van der Waals surface area contributed by atoms with Crippen LogP contribution in [0.5, 0.6) is 0 Å². The maximum atomic E-state index is 13.5. The molecule has 0 saturated heterocycles. The van der Waals surface area contributed by atoms with Crippen LogP contribution in [-0.4, -0.2) is 22.2 Å². The molecule has 0 bridgehead atoms. The van der Waals surface area contributed by atoms with Crippen molar-refractivity contribution >= 4 is 21.8 Å². The first-order valence-corrected chi connectivity index (χ1v) is 9.81. The highest BCUT2D eigenvalue weighted by atomic mass is 79.9. The molecule has 1 aromatic carbocycles. The quantitative estimate of drug-likeness (QED) is 0.548. The zero-order valence-electron chi connectivity index (χ0n) is 16.3. The first-order chi connectivity index (χ1) is 14.1. The van der Waals surface area contributed by atoms with Crippen LogP contribution in [0.2, 0.25) is 0 Å². The lowest BCUT2D eigenvalue weighted by molar-refractivity contribution is -0.138. The number of hydrogen-bond donors (Lipinski definition) is 2. The van der Waals surface area contributed by atoms with Crippen LogP contribution in [0, 0.1) is 6.92 Å². The molecule has 1 atom stereocenters. The molecular formula is C20H20BrF3N4O2. The van der Waals surface area contributed by atoms with E-state index in [1.54, 1.807) is 24.9 Å². The van der Waals surface area contributed by atoms with Crippen LogP contribution in [0.15, 0.2) is 39.4 Å². The number of furan rings is 1. The Morgan fingerprint density at radius 3 is 2.53 bits per heavy atom. The number of benzene rings is 1. The molecule has 0 aliphatic rings. The zero-order chi connectivity index (χ0) is 22.2. The SMILES string of the molecule is Cc1oc(C(N)=O)c([C@@H](CN)Cc2ccccc2C(F)(F)F)c1-c1c(Br)cnn1C. The van der Waals surface area contributed by atoms with Gasteiger partial charge in [-0.05, 0) is 47.4 Å². The molecule has 2 aromatic heterocycles. The van der Waals surface area contributed by atoms with E-state index in [-0.39, 0.29) is 24.3 Å². The molecule has 10 heteroatoms. The highest BCUT2D eigenvalue weighted by Gasteiger charge is 2.35. The molecule has 3 rings (SSSR count). The monoisotopic (exact) mass is 484 g/mol. The topological polar surface area (TPSA) is 100 Å². The second-order valence-electron chi connectivity index (χ2n) is 6.90. The minimum atomic E-state index is -4.51. The number of aryl methyl sites for hydroxylation is 2. The second kappa shape index (κ2) is 8.27. The number of carbonyl (C=O) groups is 1. The van der Waals surface area contributed by atoms with Gasteiger partial charge in [-0.3, -0.25) is 9.48 Å². The van der Waals surface area contributed by atoms with E-state index >= 15 is 0 Å². The van der Waals surface area contributed by atoms with Gasteiger partial charge in [0.1, 0.15) is 5.76 Å². The Balaban J connectivity index is 2.20. The molecule has 30 heavy (non-hydrogen) atoms. The zero-order valence-corrected chi connectivity index (χ0v) is 17.8. The van der Waals surface area contributed by atoms with Gasteiger partial charge in [0.05, 0.1) is 21.9 Å². The third-order valence-corrected chi connectivity index (χ3v) is 5.54. The maximum Gasteiger partial charge on any atom is 0.416 e. The van der Waals surface area contributed by atoms with Gasteiger partial charge in [0.2, 0.25) is 0 Å². The van der Waals surface area contributed by atoms with Crippen LogP contribution in [0.3, 0.4) is 0 Å². The van der Waals surface area contributed by atoms with Crippen molar-refractivity contribution in [3.05, 3.63) is 63.1 Å². The summed E-state index contributed by atoms with van der Waals surface area (Å²) in [5.74, 6) is -1.19. The van der Waals surface area contributed by atoms with Gasteiger partial charge in [-0.15, -0.1) is 0 Å². The summed E-state index contributed by atoms with van der Waals surface area (Å²) in [6.07, 6.45) is -2.98. The van der Waals surface area contributed by atoms with Crippen LogP contribution >= 0.6 is 15.9 Å². The number of nitrogens with zero attached hydrogens (tertiary/aromatic N) is 2. The van der Waals surface area contributed by atoms with Gasteiger partial charge < -0.3 is 15.9 Å². The van der Waals surface area contributed by atoms with Crippen molar-refractivity contribution in [2.45, 2.75) is 25.4 Å². The minimum Gasteiger partial charge on any atom is -0.455 e. The van der Waals surface area contributed by atoms with Crippen molar-refractivity contribution in [2.75, 3.05) is 6.54 Å². The molecule has 0 radical (unpaired) electrons. The van der Waals surface area contributed by atoms with Crippen LogP contribution in [-0.2, 0) is 19.6 Å². The van der Waals surface area contributed by atoms with E-state index in [4.69, 9.17) is 15.9 Å². The average molecular weight is 485 g/mol. The summed E-state index contributed by atoms with van der Waals surface area (Å²) >= 11 is 3.42. The first-order valence-electron chi connectivity index (χ1n) is 9.02. The Morgan fingerprint density at radius 2 is 2.00 bits per heavy atom. The molecule has 0 spiro atoms. The molecule has 1 amide bonds. The Bertz CT molecular complexity index is 1070. The molecule has 0 fully saturated rings. The summed E-state index contributed by atoms with van der Waals surface area (Å²) in [5, 5.41) is 4.18. The summed E-state index contributed by atoms with van der Waals surface area (Å²) in [6, 6.07) is 5.30. The number of halogens is 4. The smallest absolute Gasteiger partial charge is 0.416 e. The highest BCUT2D eigenvalue weighted by molar-refractivity contribution is 9.10. The van der Waals surface area contributed by atoms with Crippen molar-refractivity contribution in [2.24, 2.45) is 18.5 Å². The van der Waals surface area contributed by atoms with E-state index in [2.05, 4.69) is 21.0 Å². The van der Waals surface area contributed by atoms with Crippen LogP contribution in [0.4, 0.5) is 13.2 Å². The number of hydrogen-bond acceptors (Lipinski definition) is 4. The van der Waals surface area contributed by atoms with E-state index in [0.29, 0.717) is 27.1 Å². The number of nitrogens with two attached hydrogens (primary N) is 2. The fourth-order valence-electron chi connectivity index (χ4n) is 3.66. The average Bonchev–Trinajstić information content (AvgIpc) is 3.18. The molecular weight excluding hydrogens is 465 g/mol. The standard InChI is InChI=1S/C20H20BrF3N4O2/c1-10-15(17-14(21)9-27-28(17)2)16(18(30-10)19(26)29)12(8-25)7-11-5-3-4-6-13(11)20(22,23)24/h3-6,9,12H,7-8,25H2,1-2H3,(H2,26,29)/t12-/m1/s1. The minimum absolute atomic E-state index is 0.0199. The van der Waals surface area contributed by atoms with E-state index in [1.165, 1.54) is 18.2 Å². The lowest BCUT2D eigenvalue weighted by Crippen LogP contribution is -2.22. The highest BCUT2D eigenvalue weighted by Crippen LogP contribution is 2.42. The third kappa shape index (κ3) is 4.01. The molecule has 2 heterocycles. The molecule has 0 aliphatic carbocycles. The normalized spacial score (nSPS) is 12.9. The number of rotatable bonds is 6. The van der Waals surface area contributed by atoms with Crippen molar-refractivity contribution in [1.29, 1.82) is 0 Å². The van der Waals surface area contributed by atoms with Crippen molar-refractivity contribution in [1.82, 2.24) is 9.78 Å². The Morgan fingerprint density at radius 1 is 1.33 bits per heavy atom. The van der Waals surface area contributed by atoms with Gasteiger partial charge >= 0.3 is 6.18 Å². The third-order valence-electron chi connectivity index (χ3n) is 4.96. The van der Waals surface area contributed by atoms with Gasteiger partial charge in [0, 0.05) is 24.1 Å². The van der Waals surface area contributed by atoms with Gasteiger partial charge in [-0.25, -0.2) is 0 Å². The van der Waals surface area contributed by atoms with Gasteiger partial charge in [0.15, 0.2) is 5.76 Å². The fraction of sp³-hybridized carbons (Fsp3) is 0.300. The van der Waals surface area contributed by atoms with E-state index in [1.807, 2.05) is 0 Å². The lowest BCUT2D eigenvalue weighted by Gasteiger charge is -2.20. The van der Waals surface area contributed by atoms with Crippen molar-refractivity contribution < 1.29 is 22.4 Å². The maximum absolute atomic E-state index is 13.5. The predicted molar refractivity (Wildman–Crippen MR) is 109 cm³/mol. The van der Waals surface area contributed by atoms with Crippen LogP contribution in [0.1, 0.15) is 38.9 Å². The molecule has 0 saturated carbocycles. The van der Waals surface area contributed by atoms with Gasteiger partial charge in [0.25, 0.3) is 5.91 Å². The Kier molecular flexibility index (Phi) is 6.09. The van der Waals surface area contributed by atoms with E-state index in [0.717, 1.165) is 6.07 Å². The molecule has 0 aliphatic heterocycles. The molecule has 3 aromatic rings. The molecule has 6 nitrogen and oxygen atoms in total. The summed E-state index contributed by atoms with van der Waals surface area (Å²) in [5.41, 5.74) is 12.4. The largest absolute Gasteiger partial charge is 0.455 e. The van der Waals surface area contributed by atoms with Gasteiger partial charge in [-0.1, -0.05) is 18.2 Å². The molecule has 4 N–H and O–H groups in total. The second-order valence-corrected chi connectivity index (χ2v) is 7.75. The van der Waals surface area contributed by atoms with Crippen LogP contribution < -0.4 is 11.5 Å². The van der Waals surface area contributed by atoms with Crippen molar-refractivity contribution in [3.8, 4) is 11.3 Å². The number of aromatic nitrogens is 2. The van der Waals surface area contributed by atoms with Crippen LogP contribution in [0.25, 0.3) is 11.3 Å². The number of amides is 1. The van der Waals surface area contributed by atoms with Gasteiger partial charge in [-0.2, -0.15) is 18.3 Å². The Hall–Kier alpha value is -2.59.